The van der Waals surface area contributed by atoms with Gasteiger partial charge in [-0.1, -0.05) is 0 Å². The minimum absolute atomic E-state index is 0. The van der Waals surface area contributed by atoms with Crippen LogP contribution >= 0.6 is 24.0 Å². The molecule has 1 saturated heterocycles. The molecule has 23 heavy (non-hydrogen) atoms. The van der Waals surface area contributed by atoms with Crippen LogP contribution in [0.15, 0.2) is 23.3 Å². The number of pyridine rings is 1. The molecule has 1 aromatic heterocycles. The van der Waals surface area contributed by atoms with Crippen LogP contribution in [-0.2, 0) is 6.54 Å². The molecule has 5 nitrogen and oxygen atoms in total. The van der Waals surface area contributed by atoms with E-state index in [0.717, 1.165) is 25.9 Å². The van der Waals surface area contributed by atoms with Crippen molar-refractivity contribution in [2.75, 3.05) is 19.7 Å². The lowest BCUT2D eigenvalue weighted by atomic mass is 10.1. The molecule has 0 spiro atoms. The van der Waals surface area contributed by atoms with Gasteiger partial charge in [-0.15, -0.1) is 24.0 Å². The number of hydrogen-bond donors (Lipinski definition) is 1. The number of hydrogen-bond acceptors (Lipinski definition) is 3. The van der Waals surface area contributed by atoms with Gasteiger partial charge in [0.25, 0.3) is 0 Å². The number of likely N-dealkylation sites (tertiary alicyclic amines) is 1. The normalized spacial score (nSPS) is 16.0. The molecule has 1 fully saturated rings. The third-order valence-corrected chi connectivity index (χ3v) is 3.29. The van der Waals surface area contributed by atoms with Gasteiger partial charge >= 0.3 is 6.18 Å². The number of halogens is 4. The number of rotatable bonds is 4. The number of piperidine rings is 1. The van der Waals surface area contributed by atoms with Crippen LogP contribution in [0.3, 0.4) is 0 Å². The van der Waals surface area contributed by atoms with Crippen molar-refractivity contribution >= 4 is 29.9 Å². The predicted molar refractivity (Wildman–Crippen MR) is 92.0 cm³/mol. The van der Waals surface area contributed by atoms with Crippen LogP contribution in [0.2, 0.25) is 0 Å². The number of nitrogens with two attached hydrogens (primary N) is 1. The number of nitrogens with zero attached hydrogens (tertiary/aromatic N) is 3. The van der Waals surface area contributed by atoms with E-state index in [2.05, 4.69) is 14.7 Å². The summed E-state index contributed by atoms with van der Waals surface area (Å²) in [6.45, 7) is 0.715. The van der Waals surface area contributed by atoms with Crippen LogP contribution in [0.25, 0.3) is 0 Å². The number of ether oxygens (including phenoxy) is 1. The highest BCUT2D eigenvalue weighted by atomic mass is 127. The zero-order chi connectivity index (χ0) is 16.0. The summed E-state index contributed by atoms with van der Waals surface area (Å²) in [5.74, 6) is 0.399. The summed E-state index contributed by atoms with van der Waals surface area (Å²) in [5.41, 5.74) is 6.63. The maximum absolute atomic E-state index is 12.1. The predicted octanol–water partition coefficient (Wildman–Crippen LogP) is 2.94. The molecule has 2 N–H and O–H groups in total. The largest absolute Gasteiger partial charge is 0.468 e. The Morgan fingerprint density at radius 2 is 2.00 bits per heavy atom. The molecule has 0 aliphatic carbocycles. The molecular formula is C14H20F3IN4O. The van der Waals surface area contributed by atoms with Gasteiger partial charge in [-0.3, -0.25) is 0 Å². The number of aromatic nitrogens is 1. The zero-order valence-electron chi connectivity index (χ0n) is 12.6. The summed E-state index contributed by atoms with van der Waals surface area (Å²) in [5, 5.41) is 0. The molecular weight excluding hydrogens is 424 g/mol. The summed E-state index contributed by atoms with van der Waals surface area (Å²) in [4.78, 5) is 10.0. The third kappa shape index (κ3) is 7.23. The minimum Gasteiger partial charge on any atom is -0.468 e. The van der Waals surface area contributed by atoms with Crippen molar-refractivity contribution in [2.24, 2.45) is 10.7 Å². The van der Waals surface area contributed by atoms with Crippen LogP contribution in [-0.4, -0.2) is 41.7 Å². The van der Waals surface area contributed by atoms with Gasteiger partial charge in [-0.25, -0.2) is 9.98 Å². The second-order valence-electron chi connectivity index (χ2n) is 5.13. The van der Waals surface area contributed by atoms with Crippen LogP contribution in [0.4, 0.5) is 13.2 Å². The van der Waals surface area contributed by atoms with E-state index in [1.807, 2.05) is 4.90 Å². The van der Waals surface area contributed by atoms with Gasteiger partial charge in [0.05, 0.1) is 6.54 Å². The van der Waals surface area contributed by atoms with Gasteiger partial charge in [0.1, 0.15) is 0 Å². The number of guanidine groups is 1. The van der Waals surface area contributed by atoms with Gasteiger partial charge in [-0.05, 0) is 30.9 Å². The van der Waals surface area contributed by atoms with Gasteiger partial charge < -0.3 is 15.4 Å². The topological polar surface area (TPSA) is 63.7 Å². The Labute approximate surface area is 150 Å². The Hall–Kier alpha value is -1.26. The molecule has 1 aliphatic rings. The van der Waals surface area contributed by atoms with Crippen LogP contribution in [0, 0.1) is 0 Å². The summed E-state index contributed by atoms with van der Waals surface area (Å²) >= 11 is 0. The Morgan fingerprint density at radius 1 is 1.30 bits per heavy atom. The van der Waals surface area contributed by atoms with Crippen molar-refractivity contribution in [3.8, 4) is 5.88 Å². The van der Waals surface area contributed by atoms with Crippen LogP contribution < -0.4 is 10.5 Å². The number of alkyl halides is 3. The first kappa shape index (κ1) is 19.8. The molecule has 2 heterocycles. The maximum Gasteiger partial charge on any atom is 0.422 e. The van der Waals surface area contributed by atoms with E-state index in [9.17, 15) is 13.2 Å². The van der Waals surface area contributed by atoms with Crippen LogP contribution in [0.1, 0.15) is 24.8 Å². The Kier molecular flexibility index (Phi) is 7.86. The van der Waals surface area contributed by atoms with Crippen LogP contribution in [0.5, 0.6) is 5.88 Å². The minimum atomic E-state index is -4.38. The van der Waals surface area contributed by atoms with E-state index in [4.69, 9.17) is 5.73 Å². The molecule has 9 heteroatoms. The zero-order valence-corrected chi connectivity index (χ0v) is 14.9. The Balaban J connectivity index is 0.00000264. The van der Waals surface area contributed by atoms with E-state index in [-0.39, 0.29) is 36.4 Å². The highest BCUT2D eigenvalue weighted by Gasteiger charge is 2.28. The van der Waals surface area contributed by atoms with Crippen molar-refractivity contribution in [1.82, 2.24) is 9.88 Å². The van der Waals surface area contributed by atoms with Crippen molar-refractivity contribution in [2.45, 2.75) is 32.0 Å². The smallest absolute Gasteiger partial charge is 0.422 e. The van der Waals surface area contributed by atoms with E-state index >= 15 is 0 Å². The van der Waals surface area contributed by atoms with E-state index in [1.165, 1.54) is 18.7 Å². The Morgan fingerprint density at radius 3 is 2.65 bits per heavy atom. The molecule has 0 saturated carbocycles. The molecule has 0 radical (unpaired) electrons. The molecule has 0 aromatic carbocycles. The summed E-state index contributed by atoms with van der Waals surface area (Å²) in [7, 11) is 0. The van der Waals surface area contributed by atoms with Gasteiger partial charge in [0.15, 0.2) is 12.6 Å². The lowest BCUT2D eigenvalue weighted by Gasteiger charge is -2.27. The first-order valence-corrected chi connectivity index (χ1v) is 7.13. The second kappa shape index (κ2) is 9.14. The standard InChI is InChI=1S/C14H19F3N4O.HI/c15-14(16,17)10-22-12-8-11(4-5-19-12)9-20-13(18)21-6-2-1-3-7-21;/h4-5,8H,1-3,6-7,9-10H2,(H2,18,20);1H. The maximum atomic E-state index is 12.1. The van der Waals surface area contributed by atoms with Crippen molar-refractivity contribution in [3.05, 3.63) is 23.9 Å². The monoisotopic (exact) mass is 444 g/mol. The Bertz CT molecular complexity index is 519. The highest BCUT2D eigenvalue weighted by molar-refractivity contribution is 14.0. The van der Waals surface area contributed by atoms with Gasteiger partial charge in [-0.2, -0.15) is 13.2 Å². The molecule has 0 amide bonds. The second-order valence-corrected chi connectivity index (χ2v) is 5.13. The van der Waals surface area contributed by atoms with E-state index in [0.29, 0.717) is 11.5 Å². The summed E-state index contributed by atoms with van der Waals surface area (Å²) in [6, 6.07) is 3.12. The van der Waals surface area contributed by atoms with Gasteiger partial charge in [0, 0.05) is 25.4 Å². The quantitative estimate of drug-likeness (QED) is 0.441. The van der Waals surface area contributed by atoms with E-state index < -0.39 is 12.8 Å². The first-order chi connectivity index (χ1) is 10.4. The fraction of sp³-hybridized carbons (Fsp3) is 0.571. The molecule has 130 valence electrons. The summed E-state index contributed by atoms with van der Waals surface area (Å²) < 4.78 is 40.9. The molecule has 2 rings (SSSR count). The van der Waals surface area contributed by atoms with Gasteiger partial charge in [0.2, 0.25) is 5.88 Å². The fourth-order valence-corrected chi connectivity index (χ4v) is 2.18. The fourth-order valence-electron chi connectivity index (χ4n) is 2.18. The molecule has 1 aromatic rings. The molecule has 0 bridgehead atoms. The number of aliphatic imine (C=N–C) groups is 1. The van der Waals surface area contributed by atoms with Crippen molar-refractivity contribution in [3.63, 3.8) is 0 Å². The average Bonchev–Trinajstić information content (AvgIpc) is 2.51. The average molecular weight is 444 g/mol. The summed E-state index contributed by atoms with van der Waals surface area (Å²) in [6.07, 6.45) is 0.415. The molecule has 1 aliphatic heterocycles. The lowest BCUT2D eigenvalue weighted by Crippen LogP contribution is -2.40. The lowest BCUT2D eigenvalue weighted by molar-refractivity contribution is -0.154. The first-order valence-electron chi connectivity index (χ1n) is 7.13. The third-order valence-electron chi connectivity index (χ3n) is 3.29. The van der Waals surface area contributed by atoms with Crippen molar-refractivity contribution < 1.29 is 17.9 Å². The van der Waals surface area contributed by atoms with Crippen molar-refractivity contribution in [1.29, 1.82) is 0 Å². The molecule has 0 unspecified atom stereocenters. The van der Waals surface area contributed by atoms with E-state index in [1.54, 1.807) is 6.07 Å². The SMILES string of the molecule is I.NC(=NCc1ccnc(OCC(F)(F)F)c1)N1CCCCC1. The molecule has 0 atom stereocenters. The highest BCUT2D eigenvalue weighted by Crippen LogP contribution is 2.18.